The summed E-state index contributed by atoms with van der Waals surface area (Å²) in [5, 5.41) is 8.62. The van der Waals surface area contributed by atoms with Crippen LogP contribution in [0, 0.1) is 3.57 Å². The van der Waals surface area contributed by atoms with Crippen molar-refractivity contribution in [2.24, 2.45) is 0 Å². The van der Waals surface area contributed by atoms with Crippen molar-refractivity contribution in [1.29, 1.82) is 0 Å². The van der Waals surface area contributed by atoms with E-state index in [1.165, 1.54) is 0 Å². The third-order valence-electron chi connectivity index (χ3n) is 4.79. The van der Waals surface area contributed by atoms with Crippen LogP contribution >= 0.6 is 22.6 Å². The molecule has 0 bridgehead atoms. The summed E-state index contributed by atoms with van der Waals surface area (Å²) in [5.41, 5.74) is 1.22. The molecule has 4 rings (SSSR count). The highest BCUT2D eigenvalue weighted by Crippen LogP contribution is 2.25. The highest BCUT2D eigenvalue weighted by Gasteiger charge is 2.27. The van der Waals surface area contributed by atoms with Gasteiger partial charge in [0.05, 0.1) is 27.0 Å². The molecule has 0 aliphatic carbocycles. The van der Waals surface area contributed by atoms with E-state index in [0.29, 0.717) is 19.0 Å². The van der Waals surface area contributed by atoms with Crippen molar-refractivity contribution in [2.45, 2.75) is 45.3 Å². The van der Waals surface area contributed by atoms with Crippen LogP contribution in [0.15, 0.2) is 31.0 Å². The average Bonchev–Trinajstić information content (AvgIpc) is 3.16. The monoisotopic (exact) mass is 521 g/mol. The molecule has 4 heterocycles. The van der Waals surface area contributed by atoms with Crippen molar-refractivity contribution in [1.82, 2.24) is 29.6 Å². The largest absolute Gasteiger partial charge is 0.444 e. The number of hydrogen-bond donors (Lipinski definition) is 1. The first kappa shape index (κ1) is 20.8. The maximum absolute atomic E-state index is 12.2. The number of halogens is 1. The fourth-order valence-corrected chi connectivity index (χ4v) is 3.94. The predicted molar refractivity (Wildman–Crippen MR) is 122 cm³/mol. The van der Waals surface area contributed by atoms with Gasteiger partial charge in [-0.25, -0.2) is 14.8 Å². The van der Waals surface area contributed by atoms with E-state index in [-0.39, 0.29) is 12.1 Å². The first-order valence-electron chi connectivity index (χ1n) is 9.84. The minimum atomic E-state index is -0.476. The minimum Gasteiger partial charge on any atom is -0.444 e. The normalized spacial score (nSPS) is 15.4. The van der Waals surface area contributed by atoms with Crippen molar-refractivity contribution < 1.29 is 9.53 Å². The summed E-state index contributed by atoms with van der Waals surface area (Å²) in [6.07, 6.45) is 10.4. The van der Waals surface area contributed by atoms with Gasteiger partial charge in [-0.15, -0.1) is 0 Å². The van der Waals surface area contributed by atoms with Crippen molar-refractivity contribution >= 4 is 51.2 Å². The molecule has 0 atom stereocenters. The summed E-state index contributed by atoms with van der Waals surface area (Å²) in [7, 11) is 0. The molecule has 0 unspecified atom stereocenters. The van der Waals surface area contributed by atoms with Gasteiger partial charge in [0.25, 0.3) is 0 Å². The number of piperidine rings is 1. The summed E-state index contributed by atoms with van der Waals surface area (Å²) in [4.78, 5) is 27.1. The third kappa shape index (κ3) is 4.79. The van der Waals surface area contributed by atoms with Crippen LogP contribution in [0.1, 0.15) is 39.7 Å². The van der Waals surface area contributed by atoms with Crippen LogP contribution in [0.5, 0.6) is 0 Å². The average molecular weight is 521 g/mol. The van der Waals surface area contributed by atoms with Gasteiger partial charge in [0.15, 0.2) is 0 Å². The predicted octanol–water partition coefficient (Wildman–Crippen LogP) is 4.14. The second kappa shape index (κ2) is 8.32. The van der Waals surface area contributed by atoms with Gasteiger partial charge in [-0.2, -0.15) is 5.10 Å². The number of aromatic nitrogens is 5. The highest BCUT2D eigenvalue weighted by atomic mass is 127. The molecule has 3 aromatic rings. The van der Waals surface area contributed by atoms with E-state index < -0.39 is 5.60 Å². The number of nitrogens with one attached hydrogen (secondary N) is 1. The molecule has 1 aliphatic heterocycles. The molecule has 1 saturated heterocycles. The van der Waals surface area contributed by atoms with Gasteiger partial charge in [0.1, 0.15) is 5.60 Å². The molecule has 0 saturated carbocycles. The van der Waals surface area contributed by atoms with E-state index in [1.54, 1.807) is 29.7 Å². The summed E-state index contributed by atoms with van der Waals surface area (Å²) in [6.45, 7) is 6.96. The zero-order valence-corrected chi connectivity index (χ0v) is 19.3. The van der Waals surface area contributed by atoms with E-state index in [1.807, 2.05) is 31.6 Å². The van der Waals surface area contributed by atoms with Crippen LogP contribution in [0.2, 0.25) is 0 Å². The van der Waals surface area contributed by atoms with Gasteiger partial charge >= 0.3 is 6.09 Å². The molecular formula is C20H24IN7O2. The zero-order chi connectivity index (χ0) is 21.3. The number of ether oxygens (including phenoxy) is 1. The first-order valence-corrected chi connectivity index (χ1v) is 10.9. The maximum atomic E-state index is 12.2. The second-order valence-corrected chi connectivity index (χ2v) is 9.45. The van der Waals surface area contributed by atoms with Crippen LogP contribution in [0.3, 0.4) is 0 Å². The molecule has 0 radical (unpaired) electrons. The van der Waals surface area contributed by atoms with E-state index in [0.717, 1.165) is 33.0 Å². The van der Waals surface area contributed by atoms with Gasteiger partial charge in [0, 0.05) is 43.3 Å². The molecular weight excluding hydrogens is 497 g/mol. The molecule has 3 aromatic heterocycles. The number of pyridine rings is 1. The lowest BCUT2D eigenvalue weighted by Crippen LogP contribution is -2.42. The number of likely N-dealkylation sites (tertiary alicyclic amines) is 1. The van der Waals surface area contributed by atoms with Gasteiger partial charge in [-0.1, -0.05) is 0 Å². The number of amides is 1. The lowest BCUT2D eigenvalue weighted by Gasteiger charge is -2.33. The Hall–Kier alpha value is -2.50. The fraction of sp³-hybridized carbons (Fsp3) is 0.450. The standard InChI is InChI=1S/C20H24IN7O2/c1-20(2,3)30-19(29)27-6-4-15(5-7-27)28-12-14(10-24-28)25-18-23-9-13-8-22-11-16(21)17(13)26-18/h8-12,15H,4-7H2,1-3H3,(H,23,25,26). The Bertz CT molecular complexity index is 1050. The number of carbonyl (C=O) groups is 1. The Morgan fingerprint density at radius 1 is 1.20 bits per heavy atom. The maximum Gasteiger partial charge on any atom is 0.410 e. The van der Waals surface area contributed by atoms with Gasteiger partial charge < -0.3 is 15.0 Å². The summed E-state index contributed by atoms with van der Waals surface area (Å²) in [5.74, 6) is 0.519. The third-order valence-corrected chi connectivity index (χ3v) is 5.58. The number of fused-ring (bicyclic) bond motifs is 1. The minimum absolute atomic E-state index is 0.240. The molecule has 0 spiro atoms. The molecule has 10 heteroatoms. The molecule has 158 valence electrons. The lowest BCUT2D eigenvalue weighted by atomic mass is 10.1. The quantitative estimate of drug-likeness (QED) is 0.518. The van der Waals surface area contributed by atoms with Crippen molar-refractivity contribution in [3.05, 3.63) is 34.6 Å². The van der Waals surface area contributed by atoms with Crippen LogP contribution in [0.25, 0.3) is 10.9 Å². The number of nitrogens with zero attached hydrogens (tertiary/aromatic N) is 6. The Morgan fingerprint density at radius 2 is 1.97 bits per heavy atom. The Balaban J connectivity index is 1.38. The van der Waals surface area contributed by atoms with Crippen molar-refractivity contribution in [2.75, 3.05) is 18.4 Å². The van der Waals surface area contributed by atoms with Gasteiger partial charge in [0.2, 0.25) is 5.95 Å². The van der Waals surface area contributed by atoms with Crippen LogP contribution in [0.4, 0.5) is 16.4 Å². The molecule has 1 N–H and O–H groups in total. The van der Waals surface area contributed by atoms with Crippen LogP contribution in [-0.4, -0.2) is 54.4 Å². The Labute approximate surface area is 188 Å². The number of hydrogen-bond acceptors (Lipinski definition) is 7. The van der Waals surface area contributed by atoms with Crippen molar-refractivity contribution in [3.8, 4) is 0 Å². The smallest absolute Gasteiger partial charge is 0.410 e. The van der Waals surface area contributed by atoms with Gasteiger partial charge in [-0.05, 0) is 56.2 Å². The SMILES string of the molecule is CC(C)(C)OC(=O)N1CCC(n2cc(Nc3ncc4cncc(I)c4n3)cn2)CC1. The number of carbonyl (C=O) groups excluding carboxylic acids is 1. The fourth-order valence-electron chi connectivity index (χ4n) is 3.35. The van der Waals surface area contributed by atoms with Crippen LogP contribution in [-0.2, 0) is 4.74 Å². The van der Waals surface area contributed by atoms with E-state index in [2.05, 4.69) is 48.0 Å². The summed E-state index contributed by atoms with van der Waals surface area (Å²) >= 11 is 2.22. The van der Waals surface area contributed by atoms with E-state index in [4.69, 9.17) is 4.74 Å². The zero-order valence-electron chi connectivity index (χ0n) is 17.2. The van der Waals surface area contributed by atoms with E-state index >= 15 is 0 Å². The molecule has 0 aromatic carbocycles. The van der Waals surface area contributed by atoms with E-state index in [9.17, 15) is 4.79 Å². The molecule has 9 nitrogen and oxygen atoms in total. The van der Waals surface area contributed by atoms with Crippen molar-refractivity contribution in [3.63, 3.8) is 0 Å². The second-order valence-electron chi connectivity index (χ2n) is 8.29. The van der Waals surface area contributed by atoms with Gasteiger partial charge in [-0.3, -0.25) is 9.67 Å². The Kier molecular flexibility index (Phi) is 5.76. The molecule has 1 amide bonds. The lowest BCUT2D eigenvalue weighted by molar-refractivity contribution is 0.0185. The first-order chi connectivity index (χ1) is 14.3. The number of anilines is 2. The number of rotatable bonds is 3. The summed E-state index contributed by atoms with van der Waals surface area (Å²) in [6, 6.07) is 0.240. The summed E-state index contributed by atoms with van der Waals surface area (Å²) < 4.78 is 8.39. The Morgan fingerprint density at radius 3 is 2.70 bits per heavy atom. The molecule has 1 aliphatic rings. The molecule has 1 fully saturated rings. The highest BCUT2D eigenvalue weighted by molar-refractivity contribution is 14.1. The van der Waals surface area contributed by atoms with Crippen LogP contribution < -0.4 is 5.32 Å². The molecule has 30 heavy (non-hydrogen) atoms. The topological polar surface area (TPSA) is 98.1 Å².